The summed E-state index contributed by atoms with van der Waals surface area (Å²) in [5, 5.41) is 10.4. The first kappa shape index (κ1) is 15.7. The van der Waals surface area contributed by atoms with Crippen LogP contribution in [0.1, 0.15) is 33.9 Å². The van der Waals surface area contributed by atoms with Crippen LogP contribution in [-0.2, 0) is 6.54 Å². The van der Waals surface area contributed by atoms with Crippen LogP contribution in [0.25, 0.3) is 0 Å². The van der Waals surface area contributed by atoms with E-state index in [-0.39, 0.29) is 0 Å². The molecule has 0 aliphatic heterocycles. The van der Waals surface area contributed by atoms with E-state index in [2.05, 4.69) is 62.1 Å². The molecule has 1 atom stereocenters. The van der Waals surface area contributed by atoms with Crippen molar-refractivity contribution in [2.45, 2.75) is 33.4 Å². The third kappa shape index (κ3) is 4.42. The Morgan fingerprint density at radius 1 is 1.00 bits per heavy atom. The standard InChI is InChI=1S/C19H25NO/c1-14-6-5-7-17(10-14)12-20(4)13-19(21)18-9-8-15(2)16(3)11-18/h5-11,19,21H,12-13H2,1-4H3. The Bertz CT molecular complexity index is 606. The van der Waals surface area contributed by atoms with E-state index in [1.54, 1.807) is 0 Å². The lowest BCUT2D eigenvalue weighted by Gasteiger charge is -2.21. The molecular weight excluding hydrogens is 258 g/mol. The minimum absolute atomic E-state index is 0.445. The summed E-state index contributed by atoms with van der Waals surface area (Å²) in [5.41, 5.74) is 6.04. The minimum atomic E-state index is -0.445. The Morgan fingerprint density at radius 2 is 1.76 bits per heavy atom. The number of benzene rings is 2. The van der Waals surface area contributed by atoms with Crippen LogP contribution < -0.4 is 0 Å². The highest BCUT2D eigenvalue weighted by molar-refractivity contribution is 5.31. The van der Waals surface area contributed by atoms with Crippen molar-refractivity contribution in [3.8, 4) is 0 Å². The zero-order valence-electron chi connectivity index (χ0n) is 13.4. The zero-order valence-corrected chi connectivity index (χ0v) is 13.4. The summed E-state index contributed by atoms with van der Waals surface area (Å²) in [4.78, 5) is 2.16. The van der Waals surface area contributed by atoms with Gasteiger partial charge in [-0.3, -0.25) is 4.90 Å². The fraction of sp³-hybridized carbons (Fsp3) is 0.368. The first-order chi connectivity index (χ1) is 9.95. The molecule has 0 aliphatic carbocycles. The van der Waals surface area contributed by atoms with Crippen molar-refractivity contribution >= 4 is 0 Å². The number of likely N-dealkylation sites (N-methyl/N-ethyl adjacent to an activating group) is 1. The molecule has 0 amide bonds. The van der Waals surface area contributed by atoms with Crippen molar-refractivity contribution in [1.29, 1.82) is 0 Å². The van der Waals surface area contributed by atoms with Crippen molar-refractivity contribution in [1.82, 2.24) is 4.90 Å². The van der Waals surface area contributed by atoms with E-state index in [9.17, 15) is 5.11 Å². The second-order valence-corrected chi connectivity index (χ2v) is 6.05. The third-order valence-electron chi connectivity index (χ3n) is 3.94. The molecule has 0 saturated carbocycles. The fourth-order valence-corrected chi connectivity index (χ4v) is 2.56. The first-order valence-electron chi connectivity index (χ1n) is 7.45. The van der Waals surface area contributed by atoms with Gasteiger partial charge < -0.3 is 5.11 Å². The first-order valence-corrected chi connectivity index (χ1v) is 7.45. The van der Waals surface area contributed by atoms with E-state index in [4.69, 9.17) is 0 Å². The molecule has 0 bridgehead atoms. The van der Waals surface area contributed by atoms with Gasteiger partial charge >= 0.3 is 0 Å². The Morgan fingerprint density at radius 3 is 2.43 bits per heavy atom. The number of hydrogen-bond donors (Lipinski definition) is 1. The quantitative estimate of drug-likeness (QED) is 0.902. The van der Waals surface area contributed by atoms with Gasteiger partial charge in [-0.05, 0) is 50.1 Å². The van der Waals surface area contributed by atoms with Crippen LogP contribution in [0.15, 0.2) is 42.5 Å². The molecule has 0 spiro atoms. The lowest BCUT2D eigenvalue weighted by molar-refractivity contribution is 0.124. The number of nitrogens with zero attached hydrogens (tertiary/aromatic N) is 1. The Kier molecular flexibility index (Phi) is 5.16. The summed E-state index contributed by atoms with van der Waals surface area (Å²) in [5.74, 6) is 0. The van der Waals surface area contributed by atoms with E-state index in [0.29, 0.717) is 6.54 Å². The normalized spacial score (nSPS) is 12.7. The van der Waals surface area contributed by atoms with Gasteiger partial charge in [-0.2, -0.15) is 0 Å². The van der Waals surface area contributed by atoms with Crippen molar-refractivity contribution in [3.63, 3.8) is 0 Å². The lowest BCUT2D eigenvalue weighted by Crippen LogP contribution is -2.24. The number of hydrogen-bond acceptors (Lipinski definition) is 2. The molecule has 21 heavy (non-hydrogen) atoms. The maximum absolute atomic E-state index is 10.4. The van der Waals surface area contributed by atoms with E-state index < -0.39 is 6.10 Å². The van der Waals surface area contributed by atoms with E-state index in [1.807, 2.05) is 13.1 Å². The van der Waals surface area contributed by atoms with E-state index >= 15 is 0 Å². The topological polar surface area (TPSA) is 23.5 Å². The smallest absolute Gasteiger partial charge is 0.0917 e. The highest BCUT2D eigenvalue weighted by Gasteiger charge is 2.11. The molecule has 2 aromatic carbocycles. The van der Waals surface area contributed by atoms with Gasteiger partial charge in [0.2, 0.25) is 0 Å². The van der Waals surface area contributed by atoms with Crippen LogP contribution in [0, 0.1) is 20.8 Å². The predicted octanol–water partition coefficient (Wildman–Crippen LogP) is 3.78. The van der Waals surface area contributed by atoms with Crippen LogP contribution in [0.3, 0.4) is 0 Å². The number of aliphatic hydroxyl groups is 1. The van der Waals surface area contributed by atoms with Crippen molar-refractivity contribution < 1.29 is 5.11 Å². The van der Waals surface area contributed by atoms with Crippen LogP contribution >= 0.6 is 0 Å². The van der Waals surface area contributed by atoms with Crippen molar-refractivity contribution in [2.24, 2.45) is 0 Å². The molecule has 1 unspecified atom stereocenters. The molecule has 1 N–H and O–H groups in total. The summed E-state index contributed by atoms with van der Waals surface area (Å²) in [6, 6.07) is 14.7. The molecule has 0 fully saturated rings. The third-order valence-corrected chi connectivity index (χ3v) is 3.94. The number of aryl methyl sites for hydroxylation is 3. The van der Waals surface area contributed by atoms with Gasteiger partial charge in [0.15, 0.2) is 0 Å². The highest BCUT2D eigenvalue weighted by Crippen LogP contribution is 2.18. The summed E-state index contributed by atoms with van der Waals surface area (Å²) in [6.45, 7) is 7.77. The second-order valence-electron chi connectivity index (χ2n) is 6.05. The van der Waals surface area contributed by atoms with Gasteiger partial charge in [-0.1, -0.05) is 48.0 Å². The van der Waals surface area contributed by atoms with E-state index in [0.717, 1.165) is 12.1 Å². The summed E-state index contributed by atoms with van der Waals surface area (Å²) in [6.07, 6.45) is -0.445. The molecule has 0 saturated heterocycles. The van der Waals surface area contributed by atoms with Gasteiger partial charge in [0.05, 0.1) is 6.10 Å². The predicted molar refractivity (Wildman–Crippen MR) is 88.4 cm³/mol. The largest absolute Gasteiger partial charge is 0.387 e. The van der Waals surface area contributed by atoms with Gasteiger partial charge in [0.25, 0.3) is 0 Å². The van der Waals surface area contributed by atoms with Crippen molar-refractivity contribution in [3.05, 3.63) is 70.3 Å². The average Bonchev–Trinajstić information content (AvgIpc) is 2.41. The second kappa shape index (κ2) is 6.88. The lowest BCUT2D eigenvalue weighted by atomic mass is 10.0. The Balaban J connectivity index is 1.98. The average molecular weight is 283 g/mol. The maximum atomic E-state index is 10.4. The Hall–Kier alpha value is -1.64. The minimum Gasteiger partial charge on any atom is -0.387 e. The monoisotopic (exact) mass is 283 g/mol. The van der Waals surface area contributed by atoms with Crippen LogP contribution in [0.5, 0.6) is 0 Å². The van der Waals surface area contributed by atoms with Crippen LogP contribution in [0.2, 0.25) is 0 Å². The van der Waals surface area contributed by atoms with Crippen LogP contribution in [0.4, 0.5) is 0 Å². The summed E-state index contributed by atoms with van der Waals surface area (Å²) in [7, 11) is 2.05. The molecule has 0 aromatic heterocycles. The molecule has 0 aliphatic rings. The molecule has 2 nitrogen and oxygen atoms in total. The number of rotatable bonds is 5. The Labute approximate surface area is 128 Å². The summed E-state index contributed by atoms with van der Waals surface area (Å²) < 4.78 is 0. The molecule has 112 valence electrons. The van der Waals surface area contributed by atoms with Gasteiger partial charge in [-0.25, -0.2) is 0 Å². The van der Waals surface area contributed by atoms with Gasteiger partial charge in [-0.15, -0.1) is 0 Å². The molecule has 2 heteroatoms. The molecular formula is C19H25NO. The molecule has 2 rings (SSSR count). The van der Waals surface area contributed by atoms with Gasteiger partial charge in [0.1, 0.15) is 0 Å². The number of aliphatic hydroxyl groups excluding tert-OH is 1. The molecule has 2 aromatic rings. The maximum Gasteiger partial charge on any atom is 0.0917 e. The van der Waals surface area contributed by atoms with Gasteiger partial charge in [0, 0.05) is 13.1 Å². The SMILES string of the molecule is Cc1cccc(CN(C)CC(O)c2ccc(C)c(C)c2)c1. The van der Waals surface area contributed by atoms with E-state index in [1.165, 1.54) is 22.3 Å². The summed E-state index contributed by atoms with van der Waals surface area (Å²) >= 11 is 0. The zero-order chi connectivity index (χ0) is 15.4. The molecule has 0 radical (unpaired) electrons. The fourth-order valence-electron chi connectivity index (χ4n) is 2.56. The van der Waals surface area contributed by atoms with Crippen LogP contribution in [-0.4, -0.2) is 23.6 Å². The van der Waals surface area contributed by atoms with Crippen molar-refractivity contribution in [2.75, 3.05) is 13.6 Å². The highest BCUT2D eigenvalue weighted by atomic mass is 16.3. The molecule has 0 heterocycles.